The predicted molar refractivity (Wildman–Crippen MR) is 302 cm³/mol. The fraction of sp³-hybridized carbons (Fsp3) is 0.703. The van der Waals surface area contributed by atoms with Crippen molar-refractivity contribution in [2.45, 2.75) is 277 Å². The van der Waals surface area contributed by atoms with Crippen LogP contribution < -0.4 is 0 Å². The van der Waals surface area contributed by atoms with E-state index in [2.05, 4.69) is 45.1 Å². The van der Waals surface area contributed by atoms with Crippen molar-refractivity contribution >= 4 is 17.9 Å². The second-order valence-corrected chi connectivity index (χ2v) is 19.4. The minimum absolute atomic E-state index is 0.0932. The fourth-order valence-corrected chi connectivity index (χ4v) is 8.13. The highest BCUT2D eigenvalue weighted by atomic mass is 16.6. The maximum atomic E-state index is 12.9. The smallest absolute Gasteiger partial charge is 0.306 e. The van der Waals surface area contributed by atoms with E-state index in [1.807, 2.05) is 72.9 Å². The van der Waals surface area contributed by atoms with E-state index in [-0.39, 0.29) is 31.1 Å². The fourth-order valence-electron chi connectivity index (χ4n) is 8.13. The average Bonchev–Trinajstić information content (AvgIpc) is 3.36. The largest absolute Gasteiger partial charge is 0.462 e. The highest BCUT2D eigenvalue weighted by Crippen LogP contribution is 2.16. The van der Waals surface area contributed by atoms with Crippen molar-refractivity contribution in [1.82, 2.24) is 0 Å². The number of carbonyl (C=O) groups is 3. The maximum absolute atomic E-state index is 12.9. The first-order chi connectivity index (χ1) is 34.5. The summed E-state index contributed by atoms with van der Waals surface area (Å²) in [6.45, 7) is 6.46. The van der Waals surface area contributed by atoms with E-state index >= 15 is 0 Å². The van der Waals surface area contributed by atoms with Crippen LogP contribution in [0.15, 0.2) is 97.2 Å². The van der Waals surface area contributed by atoms with Gasteiger partial charge in [0.1, 0.15) is 13.2 Å². The molecule has 1 unspecified atom stereocenters. The topological polar surface area (TPSA) is 78.9 Å². The van der Waals surface area contributed by atoms with Crippen LogP contribution in [0.3, 0.4) is 0 Å². The molecule has 0 aromatic heterocycles. The van der Waals surface area contributed by atoms with Gasteiger partial charge in [-0.25, -0.2) is 0 Å². The van der Waals surface area contributed by atoms with Crippen LogP contribution in [-0.2, 0) is 28.6 Å². The molecule has 0 bridgehead atoms. The molecule has 6 nitrogen and oxygen atoms in total. The second kappa shape index (κ2) is 57.9. The summed E-state index contributed by atoms with van der Waals surface area (Å²) in [6, 6.07) is 0. The van der Waals surface area contributed by atoms with Crippen LogP contribution in [0.4, 0.5) is 0 Å². The van der Waals surface area contributed by atoms with Crippen LogP contribution in [-0.4, -0.2) is 37.2 Å². The lowest BCUT2D eigenvalue weighted by Gasteiger charge is -2.18. The van der Waals surface area contributed by atoms with E-state index in [0.29, 0.717) is 19.3 Å². The molecule has 1 atom stereocenters. The zero-order valence-corrected chi connectivity index (χ0v) is 45.8. The predicted octanol–water partition coefficient (Wildman–Crippen LogP) is 19.7. The molecule has 0 radical (unpaired) electrons. The first kappa shape index (κ1) is 66.3. The third kappa shape index (κ3) is 55.3. The average molecular weight is 974 g/mol. The molecule has 0 aromatic carbocycles. The van der Waals surface area contributed by atoms with Gasteiger partial charge in [-0.3, -0.25) is 14.4 Å². The molecule has 0 fully saturated rings. The van der Waals surface area contributed by atoms with E-state index in [9.17, 15) is 14.4 Å². The molecule has 0 saturated heterocycles. The molecule has 0 aliphatic rings. The Hall–Kier alpha value is -3.67. The molecule has 6 heteroatoms. The molecule has 0 heterocycles. The SMILES string of the molecule is CC\C=C/C=C\C=C/C=C\C=C\C=C/C=C\CCCCCC(=O)OCC(COC(=O)CCCCCCCCC/C=C\CCCCCC)OC(=O)CCCCCCCCCCCCCCCCCCCC. The van der Waals surface area contributed by atoms with Gasteiger partial charge in [0.15, 0.2) is 6.10 Å². The van der Waals surface area contributed by atoms with Crippen molar-refractivity contribution in [2.75, 3.05) is 13.2 Å². The quantitative estimate of drug-likeness (QED) is 0.0199. The minimum Gasteiger partial charge on any atom is -0.462 e. The summed E-state index contributed by atoms with van der Waals surface area (Å²) in [5, 5.41) is 0. The van der Waals surface area contributed by atoms with E-state index in [4.69, 9.17) is 14.2 Å². The van der Waals surface area contributed by atoms with Gasteiger partial charge in [0.25, 0.3) is 0 Å². The van der Waals surface area contributed by atoms with Crippen LogP contribution >= 0.6 is 0 Å². The number of rotatable bonds is 52. The van der Waals surface area contributed by atoms with Crippen molar-refractivity contribution in [3.05, 3.63) is 97.2 Å². The zero-order valence-electron chi connectivity index (χ0n) is 45.8. The molecule has 0 N–H and O–H groups in total. The number of unbranched alkanes of at least 4 members (excludes halogenated alkanes) is 31. The molecular formula is C64H108O6. The number of ether oxygens (including phenoxy) is 3. The lowest BCUT2D eigenvalue weighted by molar-refractivity contribution is -0.167. The molecule has 0 saturated carbocycles. The van der Waals surface area contributed by atoms with Crippen LogP contribution in [0.1, 0.15) is 271 Å². The summed E-state index contributed by atoms with van der Waals surface area (Å²) in [5.74, 6) is -0.936. The Morgan fingerprint density at radius 3 is 0.943 bits per heavy atom. The van der Waals surface area contributed by atoms with Crippen LogP contribution in [0.5, 0.6) is 0 Å². The number of allylic oxidation sites excluding steroid dienone is 16. The van der Waals surface area contributed by atoms with E-state index in [1.165, 1.54) is 161 Å². The van der Waals surface area contributed by atoms with Gasteiger partial charge >= 0.3 is 17.9 Å². The van der Waals surface area contributed by atoms with Gasteiger partial charge in [-0.15, -0.1) is 0 Å². The standard InChI is InChI=1S/C64H108O6/c1-4-7-10-13-16-19-22-25-28-30-32-34-36-39-42-45-48-51-54-57-63(66)69-60-61(59-68-62(65)56-53-50-47-44-41-38-35-27-24-21-18-15-12-9-6-3)70-64(67)58-55-52-49-46-43-40-37-33-31-29-26-23-20-17-14-11-8-5-2/h7,10,13,16,19,21-22,24-25,28,30,32,34,36,39,42,61H,4-6,8-9,11-12,14-15,17-18,20,23,26-27,29,31,33,35,37-38,40-41,43-60H2,1-3H3/b10-7-,16-13-,22-19-,24-21-,28-25-,32-30+,36-34-,42-39-. The third-order valence-electron chi connectivity index (χ3n) is 12.5. The first-order valence-corrected chi connectivity index (χ1v) is 29.3. The van der Waals surface area contributed by atoms with Gasteiger partial charge in [-0.1, -0.05) is 285 Å². The lowest BCUT2D eigenvalue weighted by atomic mass is 10.0. The first-order valence-electron chi connectivity index (χ1n) is 29.3. The van der Waals surface area contributed by atoms with Crippen LogP contribution in [0, 0.1) is 0 Å². The Kier molecular flexibility index (Phi) is 54.9. The summed E-state index contributed by atoms with van der Waals surface area (Å²) in [6.07, 6.45) is 76.8. The van der Waals surface area contributed by atoms with Crippen LogP contribution in [0.25, 0.3) is 0 Å². The molecular weight excluding hydrogens is 865 g/mol. The van der Waals surface area contributed by atoms with Crippen LogP contribution in [0.2, 0.25) is 0 Å². The van der Waals surface area contributed by atoms with Gasteiger partial charge in [0, 0.05) is 19.3 Å². The Balaban J connectivity index is 4.47. The van der Waals surface area contributed by atoms with Gasteiger partial charge in [0.2, 0.25) is 0 Å². The molecule has 0 aliphatic carbocycles. The third-order valence-corrected chi connectivity index (χ3v) is 12.5. The summed E-state index contributed by atoms with van der Waals surface area (Å²) in [7, 11) is 0. The van der Waals surface area contributed by atoms with Crippen molar-refractivity contribution in [3.63, 3.8) is 0 Å². The van der Waals surface area contributed by atoms with Crippen molar-refractivity contribution < 1.29 is 28.6 Å². The molecule has 0 aliphatic heterocycles. The normalized spacial score (nSPS) is 12.8. The number of esters is 3. The molecule has 0 spiro atoms. The van der Waals surface area contributed by atoms with Gasteiger partial charge in [-0.2, -0.15) is 0 Å². The molecule has 70 heavy (non-hydrogen) atoms. The summed E-state index contributed by atoms with van der Waals surface area (Å²) in [5.41, 5.74) is 0. The molecule has 0 amide bonds. The molecule has 400 valence electrons. The number of carbonyl (C=O) groups excluding carboxylic acids is 3. The molecule has 0 aromatic rings. The van der Waals surface area contributed by atoms with Gasteiger partial charge in [0.05, 0.1) is 0 Å². The summed E-state index contributed by atoms with van der Waals surface area (Å²) >= 11 is 0. The lowest BCUT2D eigenvalue weighted by Crippen LogP contribution is -2.30. The van der Waals surface area contributed by atoms with Crippen molar-refractivity contribution in [2.24, 2.45) is 0 Å². The highest BCUT2D eigenvalue weighted by Gasteiger charge is 2.19. The Bertz CT molecular complexity index is 1400. The van der Waals surface area contributed by atoms with Crippen molar-refractivity contribution in [3.8, 4) is 0 Å². The van der Waals surface area contributed by atoms with E-state index in [0.717, 1.165) is 70.6 Å². The van der Waals surface area contributed by atoms with E-state index < -0.39 is 6.10 Å². The Morgan fingerprint density at radius 1 is 0.300 bits per heavy atom. The van der Waals surface area contributed by atoms with Crippen molar-refractivity contribution in [1.29, 1.82) is 0 Å². The number of hydrogen-bond donors (Lipinski definition) is 0. The molecule has 0 rings (SSSR count). The minimum atomic E-state index is -0.798. The monoisotopic (exact) mass is 973 g/mol. The maximum Gasteiger partial charge on any atom is 0.306 e. The second-order valence-electron chi connectivity index (χ2n) is 19.4. The van der Waals surface area contributed by atoms with Gasteiger partial charge in [-0.05, 0) is 64.2 Å². The summed E-state index contributed by atoms with van der Waals surface area (Å²) in [4.78, 5) is 38.2. The Morgan fingerprint density at radius 2 is 0.571 bits per heavy atom. The van der Waals surface area contributed by atoms with Gasteiger partial charge < -0.3 is 14.2 Å². The Labute approximate surface area is 432 Å². The highest BCUT2D eigenvalue weighted by molar-refractivity contribution is 5.71. The zero-order chi connectivity index (χ0) is 50.7. The summed E-state index contributed by atoms with van der Waals surface area (Å²) < 4.78 is 16.9. The number of hydrogen-bond acceptors (Lipinski definition) is 6. The van der Waals surface area contributed by atoms with E-state index in [1.54, 1.807) is 0 Å².